The summed E-state index contributed by atoms with van der Waals surface area (Å²) in [4.78, 5) is 24.0. The number of alkyl halides is 3. The molecule has 0 fully saturated rings. The molecule has 0 aliphatic carbocycles. The Morgan fingerprint density at radius 3 is 2.10 bits per heavy atom. The van der Waals surface area contributed by atoms with Crippen molar-refractivity contribution in [2.45, 2.75) is 12.8 Å². The second kappa shape index (κ2) is 9.80. The molecule has 0 saturated carbocycles. The van der Waals surface area contributed by atoms with Crippen molar-refractivity contribution in [1.82, 2.24) is 0 Å². The van der Waals surface area contributed by atoms with Crippen LogP contribution in [0.1, 0.15) is 21.5 Å². The predicted molar refractivity (Wildman–Crippen MR) is 108 cm³/mol. The van der Waals surface area contributed by atoms with E-state index in [4.69, 9.17) is 9.47 Å². The van der Waals surface area contributed by atoms with Crippen molar-refractivity contribution in [2.75, 3.05) is 11.9 Å². The Hall–Kier alpha value is -3.81. The average molecular weight is 429 g/mol. The number of rotatable bonds is 7. The summed E-state index contributed by atoms with van der Waals surface area (Å²) < 4.78 is 48.2. The van der Waals surface area contributed by atoms with Crippen LogP contribution in [0.4, 0.5) is 18.9 Å². The molecule has 3 rings (SSSR count). The minimum absolute atomic E-state index is 0.161. The molecule has 3 aromatic rings. The van der Waals surface area contributed by atoms with Gasteiger partial charge in [0.05, 0.1) is 11.1 Å². The van der Waals surface area contributed by atoms with Crippen molar-refractivity contribution in [3.63, 3.8) is 0 Å². The van der Waals surface area contributed by atoms with Crippen LogP contribution < -0.4 is 10.1 Å². The SMILES string of the molecule is O=C(COC(=O)c1ccc(OCc2ccccc2)cc1)Nc1ccc(C(F)(F)F)cc1. The van der Waals surface area contributed by atoms with Crippen LogP contribution in [0.3, 0.4) is 0 Å². The molecule has 5 nitrogen and oxygen atoms in total. The topological polar surface area (TPSA) is 64.6 Å². The van der Waals surface area contributed by atoms with Gasteiger partial charge in [0, 0.05) is 5.69 Å². The van der Waals surface area contributed by atoms with Gasteiger partial charge >= 0.3 is 12.1 Å². The van der Waals surface area contributed by atoms with Crippen LogP contribution >= 0.6 is 0 Å². The van der Waals surface area contributed by atoms with E-state index in [-0.39, 0.29) is 11.3 Å². The van der Waals surface area contributed by atoms with E-state index in [2.05, 4.69) is 5.32 Å². The molecule has 0 unspecified atom stereocenters. The summed E-state index contributed by atoms with van der Waals surface area (Å²) in [6.45, 7) is -0.194. The molecule has 0 atom stereocenters. The maximum atomic E-state index is 12.5. The molecule has 3 aromatic carbocycles. The van der Waals surface area contributed by atoms with Crippen LogP contribution in [-0.2, 0) is 22.3 Å². The molecule has 0 heterocycles. The van der Waals surface area contributed by atoms with E-state index in [1.54, 1.807) is 12.1 Å². The second-order valence-corrected chi connectivity index (χ2v) is 6.50. The van der Waals surface area contributed by atoms with Gasteiger partial charge in [-0.15, -0.1) is 0 Å². The lowest BCUT2D eigenvalue weighted by Crippen LogP contribution is -2.21. The Kier molecular flexibility index (Phi) is 6.92. The lowest BCUT2D eigenvalue weighted by Gasteiger charge is -2.10. The van der Waals surface area contributed by atoms with Gasteiger partial charge < -0.3 is 14.8 Å². The van der Waals surface area contributed by atoms with Crippen molar-refractivity contribution < 1.29 is 32.2 Å². The largest absolute Gasteiger partial charge is 0.489 e. The first-order chi connectivity index (χ1) is 14.8. The number of carbonyl (C=O) groups is 2. The molecule has 0 radical (unpaired) electrons. The third-order valence-corrected chi connectivity index (χ3v) is 4.17. The lowest BCUT2D eigenvalue weighted by molar-refractivity contribution is -0.137. The summed E-state index contributed by atoms with van der Waals surface area (Å²) in [6.07, 6.45) is -4.46. The number of hydrogen-bond acceptors (Lipinski definition) is 4. The Morgan fingerprint density at radius 2 is 1.48 bits per heavy atom. The minimum Gasteiger partial charge on any atom is -0.489 e. The minimum atomic E-state index is -4.46. The summed E-state index contributed by atoms with van der Waals surface area (Å²) >= 11 is 0. The maximum Gasteiger partial charge on any atom is 0.416 e. The van der Waals surface area contributed by atoms with Gasteiger partial charge in [-0.05, 0) is 54.1 Å². The number of hydrogen-bond donors (Lipinski definition) is 1. The van der Waals surface area contributed by atoms with E-state index in [1.807, 2.05) is 30.3 Å². The van der Waals surface area contributed by atoms with Gasteiger partial charge in [-0.3, -0.25) is 4.79 Å². The van der Waals surface area contributed by atoms with Gasteiger partial charge in [-0.2, -0.15) is 13.2 Å². The first-order valence-electron chi connectivity index (χ1n) is 9.22. The fraction of sp³-hybridized carbons (Fsp3) is 0.130. The van der Waals surface area contributed by atoms with E-state index in [1.165, 1.54) is 12.1 Å². The van der Waals surface area contributed by atoms with Crippen LogP contribution in [0, 0.1) is 0 Å². The smallest absolute Gasteiger partial charge is 0.416 e. The van der Waals surface area contributed by atoms with Crippen molar-refractivity contribution in [1.29, 1.82) is 0 Å². The molecule has 0 bridgehead atoms. The standard InChI is InChI=1S/C23H18F3NO4/c24-23(25,26)18-8-10-19(11-9-18)27-21(28)15-31-22(29)17-6-12-20(13-7-17)30-14-16-4-2-1-3-5-16/h1-13H,14-15H2,(H,27,28). The van der Waals surface area contributed by atoms with Crippen LogP contribution in [0.5, 0.6) is 5.75 Å². The van der Waals surface area contributed by atoms with Gasteiger partial charge in [0.1, 0.15) is 12.4 Å². The predicted octanol–water partition coefficient (Wildman–Crippen LogP) is 5.08. The van der Waals surface area contributed by atoms with Crippen molar-refractivity contribution in [3.05, 3.63) is 95.6 Å². The van der Waals surface area contributed by atoms with E-state index in [0.29, 0.717) is 12.4 Å². The number of anilines is 1. The second-order valence-electron chi connectivity index (χ2n) is 6.50. The number of ether oxygens (including phenoxy) is 2. The molecule has 0 aliphatic heterocycles. The third-order valence-electron chi connectivity index (χ3n) is 4.17. The Labute approximate surface area is 176 Å². The number of esters is 1. The van der Waals surface area contributed by atoms with Gasteiger partial charge in [0.15, 0.2) is 6.61 Å². The number of benzene rings is 3. The fourth-order valence-electron chi connectivity index (χ4n) is 2.58. The highest BCUT2D eigenvalue weighted by Crippen LogP contribution is 2.29. The summed E-state index contributed by atoms with van der Waals surface area (Å²) in [7, 11) is 0. The van der Waals surface area contributed by atoms with Crippen LogP contribution in [0.25, 0.3) is 0 Å². The number of nitrogens with one attached hydrogen (secondary N) is 1. The number of carbonyl (C=O) groups excluding carboxylic acids is 2. The molecule has 0 aromatic heterocycles. The van der Waals surface area contributed by atoms with Crippen molar-refractivity contribution in [3.8, 4) is 5.75 Å². The molecular formula is C23H18F3NO4. The lowest BCUT2D eigenvalue weighted by atomic mass is 10.2. The Bertz CT molecular complexity index is 1020. The molecule has 31 heavy (non-hydrogen) atoms. The highest BCUT2D eigenvalue weighted by atomic mass is 19.4. The van der Waals surface area contributed by atoms with Crippen molar-refractivity contribution in [2.24, 2.45) is 0 Å². The zero-order chi connectivity index (χ0) is 22.3. The van der Waals surface area contributed by atoms with E-state index in [0.717, 1.165) is 29.8 Å². The van der Waals surface area contributed by atoms with Crippen LogP contribution in [0.2, 0.25) is 0 Å². The quantitative estimate of drug-likeness (QED) is 0.532. The van der Waals surface area contributed by atoms with Gasteiger partial charge in [0.25, 0.3) is 5.91 Å². The molecule has 0 spiro atoms. The number of halogens is 3. The van der Waals surface area contributed by atoms with Gasteiger partial charge in [-0.1, -0.05) is 30.3 Å². The zero-order valence-corrected chi connectivity index (χ0v) is 16.2. The van der Waals surface area contributed by atoms with Crippen LogP contribution in [0.15, 0.2) is 78.9 Å². The van der Waals surface area contributed by atoms with Crippen LogP contribution in [-0.4, -0.2) is 18.5 Å². The molecule has 1 N–H and O–H groups in total. The molecule has 1 amide bonds. The summed E-state index contributed by atoms with van der Waals surface area (Å²) in [5, 5.41) is 2.37. The summed E-state index contributed by atoms with van der Waals surface area (Å²) in [6, 6.07) is 19.8. The third kappa shape index (κ3) is 6.60. The molecule has 0 aliphatic rings. The van der Waals surface area contributed by atoms with E-state index in [9.17, 15) is 22.8 Å². The molecular weight excluding hydrogens is 411 g/mol. The maximum absolute atomic E-state index is 12.5. The molecule has 160 valence electrons. The average Bonchev–Trinajstić information content (AvgIpc) is 2.77. The summed E-state index contributed by atoms with van der Waals surface area (Å²) in [5.74, 6) is -0.812. The van der Waals surface area contributed by atoms with E-state index >= 15 is 0 Å². The first kappa shape index (κ1) is 21.9. The van der Waals surface area contributed by atoms with Gasteiger partial charge in [-0.25, -0.2) is 4.79 Å². The van der Waals surface area contributed by atoms with Gasteiger partial charge in [0.2, 0.25) is 0 Å². The first-order valence-corrected chi connectivity index (χ1v) is 9.22. The van der Waals surface area contributed by atoms with Crippen molar-refractivity contribution >= 4 is 17.6 Å². The monoisotopic (exact) mass is 429 g/mol. The summed E-state index contributed by atoms with van der Waals surface area (Å²) in [5.41, 5.74) is 0.571. The van der Waals surface area contributed by atoms with E-state index < -0.39 is 30.2 Å². The Balaban J connectivity index is 1.46. The highest BCUT2D eigenvalue weighted by molar-refractivity contribution is 5.95. The fourth-order valence-corrected chi connectivity index (χ4v) is 2.58. The molecule has 0 saturated heterocycles. The zero-order valence-electron chi connectivity index (χ0n) is 16.2. The highest BCUT2D eigenvalue weighted by Gasteiger charge is 2.30. The Morgan fingerprint density at radius 1 is 0.839 bits per heavy atom. The normalized spacial score (nSPS) is 10.9. The number of amides is 1. The molecule has 8 heteroatoms.